The molecule has 0 saturated carbocycles. The van der Waals surface area contributed by atoms with Crippen molar-refractivity contribution in [3.05, 3.63) is 18.7 Å². The van der Waals surface area contributed by atoms with Gasteiger partial charge in [-0.25, -0.2) is 4.98 Å². The summed E-state index contributed by atoms with van der Waals surface area (Å²) >= 11 is 0. The lowest BCUT2D eigenvalue weighted by atomic mass is 10.4. The number of carbonyl (C=O) groups is 1. The maximum Gasteiger partial charge on any atom is 0.241 e. The van der Waals surface area contributed by atoms with Crippen molar-refractivity contribution in [3.8, 4) is 5.95 Å². The van der Waals surface area contributed by atoms with Gasteiger partial charge in [-0.1, -0.05) is 0 Å². The zero-order valence-electron chi connectivity index (χ0n) is 11.7. The summed E-state index contributed by atoms with van der Waals surface area (Å²) < 4.78 is 1.72. The molecule has 0 radical (unpaired) electrons. The molecule has 1 aliphatic heterocycles. The number of carbonyl (C=O) groups excluding carboxylic acids is 1. The second-order valence-electron chi connectivity index (χ2n) is 4.57. The summed E-state index contributed by atoms with van der Waals surface area (Å²) in [5.41, 5.74) is 0. The number of imidazole rings is 1. The van der Waals surface area contributed by atoms with Crippen molar-refractivity contribution in [2.45, 2.75) is 6.42 Å². The first-order valence-electron chi connectivity index (χ1n) is 6.70. The molecule has 9 nitrogen and oxygen atoms in total. The van der Waals surface area contributed by atoms with E-state index in [9.17, 15) is 4.79 Å². The van der Waals surface area contributed by atoms with Crippen LogP contribution in [0.4, 0.5) is 11.9 Å². The molecule has 0 atom stereocenters. The van der Waals surface area contributed by atoms with Crippen molar-refractivity contribution >= 4 is 17.8 Å². The van der Waals surface area contributed by atoms with Crippen LogP contribution in [0.3, 0.4) is 0 Å². The standard InChI is InChI=1S/C12H16N8O/c1-13-10-16-11(19-5-2-9(21)15-4-7-19)18-12(17-10)20-6-3-14-8-20/h3,6,8H,2,4-5,7H2,1H3,(H,15,21)(H,13,16,17,18). The highest BCUT2D eigenvalue weighted by Gasteiger charge is 2.18. The maximum atomic E-state index is 11.4. The molecule has 1 saturated heterocycles. The van der Waals surface area contributed by atoms with Gasteiger partial charge in [0.25, 0.3) is 0 Å². The predicted molar refractivity (Wildman–Crippen MR) is 76.3 cm³/mol. The van der Waals surface area contributed by atoms with Crippen molar-refractivity contribution in [1.82, 2.24) is 29.8 Å². The molecule has 21 heavy (non-hydrogen) atoms. The van der Waals surface area contributed by atoms with E-state index in [1.54, 1.807) is 30.3 Å². The predicted octanol–water partition coefficient (Wildman–Crippen LogP) is -0.575. The Morgan fingerprint density at radius 3 is 2.86 bits per heavy atom. The summed E-state index contributed by atoms with van der Waals surface area (Å²) in [5, 5.41) is 5.76. The first kappa shape index (κ1) is 13.3. The number of nitrogens with zero attached hydrogens (tertiary/aromatic N) is 6. The minimum absolute atomic E-state index is 0.0511. The van der Waals surface area contributed by atoms with Crippen LogP contribution in [0.1, 0.15) is 6.42 Å². The number of aromatic nitrogens is 5. The Kier molecular flexibility index (Phi) is 3.63. The molecule has 2 N–H and O–H groups in total. The molecular formula is C12H16N8O. The van der Waals surface area contributed by atoms with Crippen LogP contribution >= 0.6 is 0 Å². The SMILES string of the molecule is CNc1nc(N2CCNC(=O)CC2)nc(-n2ccnc2)n1. The van der Waals surface area contributed by atoms with Gasteiger partial charge in [0.15, 0.2) is 0 Å². The van der Waals surface area contributed by atoms with E-state index in [4.69, 9.17) is 0 Å². The third-order valence-electron chi connectivity index (χ3n) is 3.17. The number of hydrogen-bond donors (Lipinski definition) is 2. The van der Waals surface area contributed by atoms with Crippen molar-refractivity contribution in [3.63, 3.8) is 0 Å². The minimum Gasteiger partial charge on any atom is -0.357 e. The topological polar surface area (TPSA) is 101 Å². The Balaban J connectivity index is 1.94. The van der Waals surface area contributed by atoms with Gasteiger partial charge >= 0.3 is 0 Å². The van der Waals surface area contributed by atoms with Gasteiger partial charge in [-0.3, -0.25) is 9.36 Å². The van der Waals surface area contributed by atoms with E-state index in [1.807, 2.05) is 4.90 Å². The summed E-state index contributed by atoms with van der Waals surface area (Å²) in [6, 6.07) is 0. The van der Waals surface area contributed by atoms with Crippen molar-refractivity contribution in [2.24, 2.45) is 0 Å². The second-order valence-corrected chi connectivity index (χ2v) is 4.57. The molecule has 1 fully saturated rings. The zero-order valence-corrected chi connectivity index (χ0v) is 11.7. The third kappa shape index (κ3) is 2.91. The van der Waals surface area contributed by atoms with Crippen molar-refractivity contribution < 1.29 is 4.79 Å². The molecule has 0 spiro atoms. The highest BCUT2D eigenvalue weighted by molar-refractivity contribution is 5.77. The smallest absolute Gasteiger partial charge is 0.241 e. The Morgan fingerprint density at radius 1 is 1.24 bits per heavy atom. The lowest BCUT2D eigenvalue weighted by Crippen LogP contribution is -2.30. The van der Waals surface area contributed by atoms with Crippen LogP contribution in [0.5, 0.6) is 0 Å². The van der Waals surface area contributed by atoms with E-state index < -0.39 is 0 Å². The van der Waals surface area contributed by atoms with Gasteiger partial charge in [-0.15, -0.1) is 0 Å². The van der Waals surface area contributed by atoms with Gasteiger partial charge in [0, 0.05) is 45.5 Å². The Labute approximate surface area is 121 Å². The number of anilines is 2. The van der Waals surface area contributed by atoms with E-state index in [1.165, 1.54) is 0 Å². The number of hydrogen-bond acceptors (Lipinski definition) is 7. The molecule has 1 amide bonds. The van der Waals surface area contributed by atoms with Gasteiger partial charge in [0.1, 0.15) is 6.33 Å². The molecule has 3 heterocycles. The molecule has 0 unspecified atom stereocenters. The van der Waals surface area contributed by atoms with E-state index in [0.717, 1.165) is 0 Å². The van der Waals surface area contributed by atoms with Crippen molar-refractivity contribution in [2.75, 3.05) is 36.9 Å². The lowest BCUT2D eigenvalue weighted by molar-refractivity contribution is -0.120. The van der Waals surface area contributed by atoms with Crippen LogP contribution in [-0.4, -0.2) is 57.1 Å². The van der Waals surface area contributed by atoms with E-state index in [-0.39, 0.29) is 5.91 Å². The highest BCUT2D eigenvalue weighted by atomic mass is 16.1. The second kappa shape index (κ2) is 5.73. The summed E-state index contributed by atoms with van der Waals surface area (Å²) in [4.78, 5) is 30.5. The Hall–Kier alpha value is -2.71. The third-order valence-corrected chi connectivity index (χ3v) is 3.17. The number of amides is 1. The van der Waals surface area contributed by atoms with Gasteiger partial charge in [-0.2, -0.15) is 15.0 Å². The van der Waals surface area contributed by atoms with Gasteiger partial charge in [-0.05, 0) is 0 Å². The molecule has 2 aromatic heterocycles. The molecule has 9 heteroatoms. The van der Waals surface area contributed by atoms with Crippen LogP contribution in [0.2, 0.25) is 0 Å². The summed E-state index contributed by atoms with van der Waals surface area (Å²) in [5.74, 6) is 1.57. The fourth-order valence-corrected chi connectivity index (χ4v) is 2.07. The number of rotatable bonds is 3. The Bertz CT molecular complexity index is 626. The first-order chi connectivity index (χ1) is 10.3. The average Bonchev–Trinajstić information content (AvgIpc) is 2.96. The summed E-state index contributed by atoms with van der Waals surface area (Å²) in [7, 11) is 1.75. The van der Waals surface area contributed by atoms with Crippen LogP contribution in [-0.2, 0) is 4.79 Å². The maximum absolute atomic E-state index is 11.4. The highest BCUT2D eigenvalue weighted by Crippen LogP contribution is 2.14. The normalized spacial score (nSPS) is 15.5. The quantitative estimate of drug-likeness (QED) is 0.779. The largest absolute Gasteiger partial charge is 0.357 e. The molecule has 1 aliphatic rings. The van der Waals surface area contributed by atoms with Gasteiger partial charge in [0.2, 0.25) is 23.8 Å². The molecule has 0 bridgehead atoms. The molecule has 2 aromatic rings. The van der Waals surface area contributed by atoms with E-state index in [0.29, 0.717) is 43.9 Å². The van der Waals surface area contributed by atoms with Crippen LogP contribution in [0.25, 0.3) is 5.95 Å². The minimum atomic E-state index is 0.0511. The fourth-order valence-electron chi connectivity index (χ4n) is 2.07. The summed E-state index contributed by atoms with van der Waals surface area (Å²) in [6.07, 6.45) is 5.50. The molecule has 110 valence electrons. The molecular weight excluding hydrogens is 272 g/mol. The lowest BCUT2D eigenvalue weighted by Gasteiger charge is -2.20. The molecule has 0 aliphatic carbocycles. The summed E-state index contributed by atoms with van der Waals surface area (Å²) in [6.45, 7) is 1.84. The van der Waals surface area contributed by atoms with Gasteiger partial charge in [0.05, 0.1) is 0 Å². The van der Waals surface area contributed by atoms with E-state index >= 15 is 0 Å². The monoisotopic (exact) mass is 288 g/mol. The molecule has 0 aromatic carbocycles. The van der Waals surface area contributed by atoms with Gasteiger partial charge < -0.3 is 15.5 Å². The zero-order chi connectivity index (χ0) is 14.7. The molecule has 3 rings (SSSR count). The first-order valence-corrected chi connectivity index (χ1v) is 6.70. The van der Waals surface area contributed by atoms with E-state index in [2.05, 4.69) is 30.6 Å². The van der Waals surface area contributed by atoms with Crippen LogP contribution in [0.15, 0.2) is 18.7 Å². The average molecular weight is 288 g/mol. The van der Waals surface area contributed by atoms with Crippen molar-refractivity contribution in [1.29, 1.82) is 0 Å². The van der Waals surface area contributed by atoms with Crippen LogP contribution < -0.4 is 15.5 Å². The van der Waals surface area contributed by atoms with Crippen LogP contribution in [0, 0.1) is 0 Å². The number of nitrogens with one attached hydrogen (secondary N) is 2. The fraction of sp³-hybridized carbons (Fsp3) is 0.417. The Morgan fingerprint density at radius 2 is 2.10 bits per heavy atom.